The van der Waals surface area contributed by atoms with Crippen molar-refractivity contribution in [1.82, 2.24) is 20.2 Å². The molecule has 6 nitrogen and oxygen atoms in total. The number of ether oxygens (including phenoxy) is 1. The Morgan fingerprint density at radius 2 is 2.10 bits per heavy atom. The highest BCUT2D eigenvalue weighted by molar-refractivity contribution is 6.18. The third-order valence-corrected chi connectivity index (χ3v) is 3.58. The lowest BCUT2D eigenvalue weighted by Gasteiger charge is -2.36. The van der Waals surface area contributed by atoms with Gasteiger partial charge in [0.2, 0.25) is 0 Å². The number of rotatable bonds is 3. The molecule has 0 bridgehead atoms. The van der Waals surface area contributed by atoms with E-state index in [0.717, 1.165) is 18.2 Å². The predicted molar refractivity (Wildman–Crippen MR) is 76.4 cm³/mol. The van der Waals surface area contributed by atoms with Gasteiger partial charge in [-0.2, -0.15) is 4.68 Å². The molecule has 0 spiro atoms. The minimum Gasteiger partial charge on any atom is -0.370 e. The van der Waals surface area contributed by atoms with Gasteiger partial charge in [0.05, 0.1) is 23.8 Å². The summed E-state index contributed by atoms with van der Waals surface area (Å²) >= 11 is 5.92. The molecule has 1 aromatic carbocycles. The van der Waals surface area contributed by atoms with Crippen LogP contribution in [0.1, 0.15) is 6.92 Å². The zero-order valence-electron chi connectivity index (χ0n) is 11.2. The summed E-state index contributed by atoms with van der Waals surface area (Å²) in [5.41, 5.74) is 0.939. The number of benzene rings is 1. The van der Waals surface area contributed by atoms with Crippen molar-refractivity contribution in [2.24, 2.45) is 0 Å². The highest BCUT2D eigenvalue weighted by atomic mass is 35.5. The van der Waals surface area contributed by atoms with E-state index >= 15 is 0 Å². The van der Waals surface area contributed by atoms with Crippen LogP contribution in [0.3, 0.4) is 0 Å². The highest BCUT2D eigenvalue weighted by Gasteiger charge is 2.28. The van der Waals surface area contributed by atoms with Crippen molar-refractivity contribution in [2.45, 2.75) is 19.1 Å². The summed E-state index contributed by atoms with van der Waals surface area (Å²) in [5, 5.41) is 12.0. The van der Waals surface area contributed by atoms with Gasteiger partial charge in [-0.1, -0.05) is 23.3 Å². The van der Waals surface area contributed by atoms with Gasteiger partial charge in [-0.15, -0.1) is 11.6 Å². The molecular formula is C13H16ClN5O. The maximum absolute atomic E-state index is 5.92. The first kappa shape index (κ1) is 13.3. The third-order valence-electron chi connectivity index (χ3n) is 3.24. The summed E-state index contributed by atoms with van der Waals surface area (Å²) in [6.07, 6.45) is 0.106. The number of hydrogen-bond acceptors (Lipinski definition) is 5. The average Bonchev–Trinajstić information content (AvgIpc) is 2.97. The third kappa shape index (κ3) is 2.62. The number of alkyl halides is 1. The average molecular weight is 294 g/mol. The maximum Gasteiger partial charge on any atom is 0.250 e. The van der Waals surface area contributed by atoms with Crippen LogP contribution in [0.5, 0.6) is 0 Å². The molecule has 1 aliphatic heterocycles. The molecule has 0 N–H and O–H groups in total. The van der Waals surface area contributed by atoms with E-state index in [9.17, 15) is 0 Å². The molecule has 20 heavy (non-hydrogen) atoms. The van der Waals surface area contributed by atoms with Crippen LogP contribution in [0.4, 0.5) is 5.95 Å². The number of halogens is 1. The molecule has 7 heteroatoms. The number of para-hydroxylation sites is 1. The molecular weight excluding hydrogens is 278 g/mol. The van der Waals surface area contributed by atoms with Gasteiger partial charge >= 0.3 is 0 Å². The first-order chi connectivity index (χ1) is 9.78. The standard InChI is InChI=1S/C13H16ClN5O/c1-10-8-18(9-12(7-14)20-10)13-15-16-17-19(13)11-5-3-2-4-6-11/h2-6,10,12H,7-9H2,1H3. The lowest BCUT2D eigenvalue weighted by Crippen LogP contribution is -2.48. The molecule has 1 saturated heterocycles. The van der Waals surface area contributed by atoms with Gasteiger partial charge in [-0.05, 0) is 29.5 Å². The van der Waals surface area contributed by atoms with E-state index < -0.39 is 0 Å². The Morgan fingerprint density at radius 1 is 1.30 bits per heavy atom. The number of anilines is 1. The molecule has 1 fully saturated rings. The van der Waals surface area contributed by atoms with E-state index in [1.165, 1.54) is 0 Å². The Kier molecular flexibility index (Phi) is 3.84. The van der Waals surface area contributed by atoms with E-state index in [0.29, 0.717) is 12.4 Å². The minimum absolute atomic E-state index is 0.00124. The molecule has 3 rings (SSSR count). The number of morpholine rings is 1. The van der Waals surface area contributed by atoms with Crippen molar-refractivity contribution in [3.8, 4) is 5.69 Å². The normalized spacial score (nSPS) is 23.0. The lowest BCUT2D eigenvalue weighted by molar-refractivity contribution is -0.00395. The van der Waals surface area contributed by atoms with Crippen LogP contribution >= 0.6 is 11.6 Å². The molecule has 0 radical (unpaired) electrons. The smallest absolute Gasteiger partial charge is 0.250 e. The molecule has 1 aliphatic rings. The maximum atomic E-state index is 5.92. The first-order valence-corrected chi connectivity index (χ1v) is 7.11. The van der Waals surface area contributed by atoms with Crippen LogP contribution in [0.25, 0.3) is 5.69 Å². The lowest BCUT2D eigenvalue weighted by atomic mass is 10.2. The molecule has 0 amide bonds. The van der Waals surface area contributed by atoms with Crippen LogP contribution in [-0.4, -0.2) is 51.4 Å². The molecule has 0 aliphatic carbocycles. The molecule has 2 aromatic rings. The van der Waals surface area contributed by atoms with Crippen molar-refractivity contribution in [3.63, 3.8) is 0 Å². The fraction of sp³-hybridized carbons (Fsp3) is 0.462. The quantitative estimate of drug-likeness (QED) is 0.803. The largest absolute Gasteiger partial charge is 0.370 e. The Balaban J connectivity index is 1.89. The second-order valence-corrected chi connectivity index (χ2v) is 5.16. The molecule has 2 heterocycles. The van der Waals surface area contributed by atoms with E-state index in [1.807, 2.05) is 37.3 Å². The molecule has 0 saturated carbocycles. The van der Waals surface area contributed by atoms with Gasteiger partial charge in [0, 0.05) is 13.1 Å². The summed E-state index contributed by atoms with van der Waals surface area (Å²) in [7, 11) is 0. The van der Waals surface area contributed by atoms with Crippen molar-refractivity contribution in [1.29, 1.82) is 0 Å². The van der Waals surface area contributed by atoms with Crippen molar-refractivity contribution < 1.29 is 4.74 Å². The summed E-state index contributed by atoms with van der Waals surface area (Å²) in [4.78, 5) is 2.12. The fourth-order valence-corrected chi connectivity index (χ4v) is 2.58. The number of aromatic nitrogens is 4. The van der Waals surface area contributed by atoms with Crippen LogP contribution in [-0.2, 0) is 4.74 Å². The second kappa shape index (κ2) is 5.76. The minimum atomic E-state index is 0.00124. The number of hydrogen-bond donors (Lipinski definition) is 0. The summed E-state index contributed by atoms with van der Waals surface area (Å²) in [5.74, 6) is 1.19. The van der Waals surface area contributed by atoms with E-state index in [2.05, 4.69) is 20.4 Å². The van der Waals surface area contributed by atoms with Gasteiger partial charge in [-0.3, -0.25) is 0 Å². The first-order valence-electron chi connectivity index (χ1n) is 6.58. The Morgan fingerprint density at radius 3 is 2.85 bits per heavy atom. The summed E-state index contributed by atoms with van der Waals surface area (Å²) in [6.45, 7) is 3.48. The Hall–Kier alpha value is -1.66. The molecule has 1 aromatic heterocycles. The van der Waals surface area contributed by atoms with Crippen LogP contribution in [0, 0.1) is 0 Å². The van der Waals surface area contributed by atoms with Gasteiger partial charge in [0.25, 0.3) is 5.95 Å². The highest BCUT2D eigenvalue weighted by Crippen LogP contribution is 2.20. The van der Waals surface area contributed by atoms with Crippen molar-refractivity contribution >= 4 is 17.5 Å². The predicted octanol–water partition coefficient (Wildman–Crippen LogP) is 1.49. The van der Waals surface area contributed by atoms with Gasteiger partial charge in [-0.25, -0.2) is 0 Å². The fourth-order valence-electron chi connectivity index (χ4n) is 2.41. The second-order valence-electron chi connectivity index (χ2n) is 4.85. The van der Waals surface area contributed by atoms with Gasteiger partial charge in [0.15, 0.2) is 0 Å². The Labute approximate surface area is 122 Å². The monoisotopic (exact) mass is 293 g/mol. The van der Waals surface area contributed by atoms with Gasteiger partial charge < -0.3 is 9.64 Å². The molecule has 2 unspecified atom stereocenters. The summed E-state index contributed by atoms with van der Waals surface area (Å²) < 4.78 is 7.50. The van der Waals surface area contributed by atoms with Crippen molar-refractivity contribution in [2.75, 3.05) is 23.9 Å². The van der Waals surface area contributed by atoms with Crippen LogP contribution in [0.15, 0.2) is 30.3 Å². The van der Waals surface area contributed by atoms with E-state index in [1.54, 1.807) is 4.68 Å². The summed E-state index contributed by atoms with van der Waals surface area (Å²) in [6, 6.07) is 9.84. The van der Waals surface area contributed by atoms with E-state index in [4.69, 9.17) is 16.3 Å². The van der Waals surface area contributed by atoms with Gasteiger partial charge in [0.1, 0.15) is 0 Å². The zero-order valence-corrected chi connectivity index (χ0v) is 11.9. The van der Waals surface area contributed by atoms with Crippen LogP contribution < -0.4 is 4.90 Å². The number of tetrazole rings is 1. The zero-order chi connectivity index (χ0) is 13.9. The molecule has 2 atom stereocenters. The van der Waals surface area contributed by atoms with Crippen LogP contribution in [0.2, 0.25) is 0 Å². The molecule has 106 valence electrons. The van der Waals surface area contributed by atoms with E-state index in [-0.39, 0.29) is 12.2 Å². The topological polar surface area (TPSA) is 56.1 Å². The number of nitrogens with zero attached hydrogens (tertiary/aromatic N) is 5. The van der Waals surface area contributed by atoms with Crippen molar-refractivity contribution in [3.05, 3.63) is 30.3 Å². The Bertz CT molecular complexity index is 561. The SMILES string of the molecule is CC1CN(c2nnnn2-c2ccccc2)CC(CCl)O1.